The van der Waals surface area contributed by atoms with Crippen molar-refractivity contribution in [3.05, 3.63) is 34.8 Å². The molecule has 22 heavy (non-hydrogen) atoms. The smallest absolute Gasteiger partial charge is 0.264 e. The molecule has 6 nitrogen and oxygen atoms in total. The van der Waals surface area contributed by atoms with Crippen LogP contribution in [0.3, 0.4) is 0 Å². The minimum absolute atomic E-state index is 0.0678. The van der Waals surface area contributed by atoms with E-state index < -0.39 is 0 Å². The number of carbonyl (C=O) groups is 2. The Morgan fingerprint density at radius 3 is 2.68 bits per heavy atom. The molecular formula is C15H16N2O4S. The van der Waals surface area contributed by atoms with Gasteiger partial charge >= 0.3 is 0 Å². The number of hydrogen-bond acceptors (Lipinski definition) is 6. The second kappa shape index (κ2) is 7.04. The minimum atomic E-state index is -0.313. The van der Waals surface area contributed by atoms with Crippen LogP contribution in [0.4, 0.5) is 5.13 Å². The SMILES string of the molecule is COc1cc(C(C)=O)ccc1OCC(=O)Nc1nc(C)cs1. The fraction of sp³-hybridized carbons (Fsp3) is 0.267. The Kier molecular flexibility index (Phi) is 5.11. The Labute approximate surface area is 132 Å². The summed E-state index contributed by atoms with van der Waals surface area (Å²) in [6.45, 7) is 3.15. The highest BCUT2D eigenvalue weighted by Gasteiger charge is 2.11. The molecule has 7 heteroatoms. The molecule has 1 amide bonds. The minimum Gasteiger partial charge on any atom is -0.493 e. The number of nitrogens with zero attached hydrogens (tertiary/aromatic N) is 1. The number of hydrogen-bond donors (Lipinski definition) is 1. The fourth-order valence-corrected chi connectivity index (χ4v) is 2.42. The van der Waals surface area contributed by atoms with E-state index in [9.17, 15) is 9.59 Å². The van der Waals surface area contributed by atoms with Crippen molar-refractivity contribution >= 4 is 28.2 Å². The van der Waals surface area contributed by atoms with E-state index in [-0.39, 0.29) is 18.3 Å². The van der Waals surface area contributed by atoms with E-state index in [1.165, 1.54) is 25.4 Å². The van der Waals surface area contributed by atoms with Gasteiger partial charge in [-0.05, 0) is 32.0 Å². The number of aromatic nitrogens is 1. The van der Waals surface area contributed by atoms with Gasteiger partial charge in [0, 0.05) is 10.9 Å². The Morgan fingerprint density at radius 2 is 2.09 bits per heavy atom. The zero-order valence-corrected chi connectivity index (χ0v) is 13.3. The van der Waals surface area contributed by atoms with Gasteiger partial charge in [-0.3, -0.25) is 14.9 Å². The second-order valence-electron chi connectivity index (χ2n) is 4.55. The monoisotopic (exact) mass is 320 g/mol. The molecule has 0 aliphatic rings. The number of amides is 1. The van der Waals surface area contributed by atoms with Crippen LogP contribution in [-0.4, -0.2) is 30.4 Å². The van der Waals surface area contributed by atoms with Gasteiger partial charge in [-0.25, -0.2) is 4.98 Å². The lowest BCUT2D eigenvalue weighted by molar-refractivity contribution is -0.118. The Hall–Kier alpha value is -2.41. The van der Waals surface area contributed by atoms with Crippen molar-refractivity contribution in [3.8, 4) is 11.5 Å². The molecule has 0 spiro atoms. The quantitative estimate of drug-likeness (QED) is 0.828. The van der Waals surface area contributed by atoms with Crippen LogP contribution < -0.4 is 14.8 Å². The average molecular weight is 320 g/mol. The zero-order chi connectivity index (χ0) is 16.1. The summed E-state index contributed by atoms with van der Waals surface area (Å²) in [6.07, 6.45) is 0. The number of methoxy groups -OCH3 is 1. The molecule has 116 valence electrons. The molecule has 2 rings (SSSR count). The van der Waals surface area contributed by atoms with E-state index >= 15 is 0 Å². The third kappa shape index (κ3) is 4.05. The first-order valence-corrected chi connectivity index (χ1v) is 7.41. The van der Waals surface area contributed by atoms with Crippen molar-refractivity contribution in [1.82, 2.24) is 4.98 Å². The lowest BCUT2D eigenvalue weighted by Gasteiger charge is -2.11. The lowest BCUT2D eigenvalue weighted by Crippen LogP contribution is -2.20. The number of nitrogens with one attached hydrogen (secondary N) is 1. The van der Waals surface area contributed by atoms with Crippen LogP contribution in [0.2, 0.25) is 0 Å². The predicted molar refractivity (Wildman–Crippen MR) is 84.0 cm³/mol. The van der Waals surface area contributed by atoms with E-state index in [2.05, 4.69) is 10.3 Å². The molecule has 0 aliphatic heterocycles. The Morgan fingerprint density at radius 1 is 1.32 bits per heavy atom. The number of ketones is 1. The van der Waals surface area contributed by atoms with Gasteiger partial charge in [0.15, 0.2) is 29.0 Å². The number of thiazole rings is 1. The predicted octanol–water partition coefficient (Wildman–Crippen LogP) is 2.68. The number of carbonyl (C=O) groups excluding carboxylic acids is 2. The number of benzene rings is 1. The zero-order valence-electron chi connectivity index (χ0n) is 12.5. The van der Waals surface area contributed by atoms with E-state index in [0.717, 1.165) is 5.69 Å². The molecule has 0 atom stereocenters. The van der Waals surface area contributed by atoms with Crippen LogP contribution in [0.5, 0.6) is 11.5 Å². The third-order valence-electron chi connectivity index (χ3n) is 2.79. The first-order chi connectivity index (χ1) is 10.5. The first kappa shape index (κ1) is 16.0. The van der Waals surface area contributed by atoms with E-state index in [1.807, 2.05) is 12.3 Å². The average Bonchev–Trinajstić information content (AvgIpc) is 2.89. The summed E-state index contributed by atoms with van der Waals surface area (Å²) in [5.41, 5.74) is 1.37. The summed E-state index contributed by atoms with van der Waals surface area (Å²) in [7, 11) is 1.48. The molecule has 0 saturated heterocycles. The summed E-state index contributed by atoms with van der Waals surface area (Å²) >= 11 is 1.35. The lowest BCUT2D eigenvalue weighted by atomic mass is 10.1. The van der Waals surface area contributed by atoms with Crippen LogP contribution in [0.25, 0.3) is 0 Å². The van der Waals surface area contributed by atoms with E-state index in [1.54, 1.807) is 18.2 Å². The summed E-state index contributed by atoms with van der Waals surface area (Å²) in [4.78, 5) is 27.3. The number of ether oxygens (including phenoxy) is 2. The Balaban J connectivity index is 1.98. The highest BCUT2D eigenvalue weighted by molar-refractivity contribution is 7.13. The molecule has 2 aromatic rings. The maximum Gasteiger partial charge on any atom is 0.264 e. The van der Waals surface area contributed by atoms with E-state index in [0.29, 0.717) is 22.2 Å². The molecule has 1 N–H and O–H groups in total. The van der Waals surface area contributed by atoms with Gasteiger partial charge in [-0.2, -0.15) is 0 Å². The van der Waals surface area contributed by atoms with Crippen molar-refractivity contribution in [2.24, 2.45) is 0 Å². The largest absolute Gasteiger partial charge is 0.493 e. The molecule has 0 radical (unpaired) electrons. The third-order valence-corrected chi connectivity index (χ3v) is 3.67. The maximum absolute atomic E-state index is 11.8. The highest BCUT2D eigenvalue weighted by atomic mass is 32.1. The number of Topliss-reactive ketones (excluding diaryl/α,β-unsaturated/α-hetero) is 1. The van der Waals surface area contributed by atoms with Gasteiger partial charge in [-0.15, -0.1) is 11.3 Å². The van der Waals surface area contributed by atoms with Crippen LogP contribution in [0, 0.1) is 6.92 Å². The number of anilines is 1. The van der Waals surface area contributed by atoms with Crippen LogP contribution in [0.15, 0.2) is 23.6 Å². The molecule has 1 heterocycles. The maximum atomic E-state index is 11.8. The summed E-state index contributed by atoms with van der Waals surface area (Å²) < 4.78 is 10.6. The van der Waals surface area contributed by atoms with Crippen molar-refractivity contribution in [1.29, 1.82) is 0 Å². The number of rotatable bonds is 6. The summed E-state index contributed by atoms with van der Waals surface area (Å²) in [5.74, 6) is 0.428. The normalized spacial score (nSPS) is 10.1. The molecule has 0 bridgehead atoms. The molecular weight excluding hydrogens is 304 g/mol. The molecule has 0 saturated carbocycles. The van der Waals surface area contributed by atoms with Crippen LogP contribution in [0.1, 0.15) is 23.0 Å². The van der Waals surface area contributed by atoms with Crippen molar-refractivity contribution in [3.63, 3.8) is 0 Å². The molecule has 0 unspecified atom stereocenters. The van der Waals surface area contributed by atoms with Gasteiger partial charge in [0.1, 0.15) is 0 Å². The van der Waals surface area contributed by atoms with Gasteiger partial charge in [0.05, 0.1) is 12.8 Å². The summed E-state index contributed by atoms with van der Waals surface area (Å²) in [6, 6.07) is 4.82. The molecule has 0 fully saturated rings. The van der Waals surface area contributed by atoms with Gasteiger partial charge < -0.3 is 9.47 Å². The highest BCUT2D eigenvalue weighted by Crippen LogP contribution is 2.28. The van der Waals surface area contributed by atoms with Gasteiger partial charge in [0.2, 0.25) is 0 Å². The standard InChI is InChI=1S/C15H16N2O4S/c1-9-8-22-15(16-9)17-14(19)7-21-12-5-4-11(10(2)18)6-13(12)20-3/h4-6,8H,7H2,1-3H3,(H,16,17,19). The Bertz CT molecular complexity index is 697. The summed E-state index contributed by atoms with van der Waals surface area (Å²) in [5, 5.41) is 5.03. The molecule has 1 aromatic heterocycles. The van der Waals surface area contributed by atoms with Crippen molar-refractivity contribution in [2.75, 3.05) is 19.0 Å². The van der Waals surface area contributed by atoms with Gasteiger partial charge in [0.25, 0.3) is 5.91 Å². The fourth-order valence-electron chi connectivity index (χ4n) is 1.72. The van der Waals surface area contributed by atoms with Crippen molar-refractivity contribution < 1.29 is 19.1 Å². The first-order valence-electron chi connectivity index (χ1n) is 6.53. The second-order valence-corrected chi connectivity index (χ2v) is 5.41. The molecule has 1 aromatic carbocycles. The number of aryl methyl sites for hydroxylation is 1. The van der Waals surface area contributed by atoms with E-state index in [4.69, 9.17) is 9.47 Å². The topological polar surface area (TPSA) is 77.5 Å². The van der Waals surface area contributed by atoms with Gasteiger partial charge in [-0.1, -0.05) is 0 Å². The molecule has 0 aliphatic carbocycles. The van der Waals surface area contributed by atoms with Crippen LogP contribution in [-0.2, 0) is 4.79 Å². The van der Waals surface area contributed by atoms with Crippen molar-refractivity contribution in [2.45, 2.75) is 13.8 Å². The van der Waals surface area contributed by atoms with Crippen LogP contribution >= 0.6 is 11.3 Å².